The fourth-order valence-corrected chi connectivity index (χ4v) is 1.06. The number of benzene rings is 1. The molecule has 0 aliphatic rings. The van der Waals surface area contributed by atoms with Gasteiger partial charge in [0, 0.05) is 0 Å². The third kappa shape index (κ3) is 3.16. The van der Waals surface area contributed by atoms with Gasteiger partial charge >= 0.3 is 5.97 Å². The first-order chi connectivity index (χ1) is 7.15. The number of ether oxygens (including phenoxy) is 2. The average molecular weight is 210 g/mol. The molecule has 0 amide bonds. The monoisotopic (exact) mass is 210 g/mol. The molecule has 4 nitrogen and oxygen atoms in total. The van der Waals surface area contributed by atoms with Crippen LogP contribution >= 0.6 is 0 Å². The number of aliphatic carboxylic acids is 1. The fourth-order valence-electron chi connectivity index (χ4n) is 1.06. The van der Waals surface area contributed by atoms with Gasteiger partial charge in [-0.2, -0.15) is 0 Å². The van der Waals surface area contributed by atoms with E-state index in [1.807, 2.05) is 13.0 Å². The van der Waals surface area contributed by atoms with Gasteiger partial charge in [0.05, 0.1) is 6.61 Å². The average Bonchev–Trinajstić information content (AvgIpc) is 2.21. The summed E-state index contributed by atoms with van der Waals surface area (Å²) in [6, 6.07) is 7.01. The third-order valence-electron chi connectivity index (χ3n) is 1.80. The Balaban J connectivity index is 2.79. The third-order valence-corrected chi connectivity index (χ3v) is 1.80. The van der Waals surface area contributed by atoms with Gasteiger partial charge in [-0.05, 0) is 26.0 Å². The SMILES string of the molecule is CCOc1ccccc1O[C@@H](C)C(=O)O. The summed E-state index contributed by atoms with van der Waals surface area (Å²) in [6.07, 6.45) is -0.883. The summed E-state index contributed by atoms with van der Waals surface area (Å²) in [5.41, 5.74) is 0. The fraction of sp³-hybridized carbons (Fsp3) is 0.364. The molecule has 82 valence electrons. The Morgan fingerprint density at radius 2 is 2.00 bits per heavy atom. The van der Waals surface area contributed by atoms with E-state index in [1.165, 1.54) is 6.92 Å². The zero-order valence-electron chi connectivity index (χ0n) is 8.77. The van der Waals surface area contributed by atoms with Gasteiger partial charge in [-0.15, -0.1) is 0 Å². The molecule has 0 radical (unpaired) electrons. The maximum absolute atomic E-state index is 10.6. The first-order valence-corrected chi connectivity index (χ1v) is 4.76. The second-order valence-corrected chi connectivity index (χ2v) is 2.98. The highest BCUT2D eigenvalue weighted by Gasteiger charge is 2.14. The predicted octanol–water partition coefficient (Wildman–Crippen LogP) is 1.94. The number of carbonyl (C=O) groups is 1. The zero-order chi connectivity index (χ0) is 11.3. The van der Waals surface area contributed by atoms with Crippen molar-refractivity contribution in [3.63, 3.8) is 0 Å². The van der Waals surface area contributed by atoms with Gasteiger partial charge in [0.25, 0.3) is 0 Å². The van der Waals surface area contributed by atoms with Crippen LogP contribution in [0.25, 0.3) is 0 Å². The minimum atomic E-state index is -0.999. The van der Waals surface area contributed by atoms with E-state index in [0.717, 1.165) is 0 Å². The van der Waals surface area contributed by atoms with Crippen LogP contribution in [0, 0.1) is 0 Å². The largest absolute Gasteiger partial charge is 0.490 e. The Bertz CT molecular complexity index is 335. The topological polar surface area (TPSA) is 55.8 Å². The van der Waals surface area contributed by atoms with Gasteiger partial charge in [0.2, 0.25) is 0 Å². The predicted molar refractivity (Wildman–Crippen MR) is 55.3 cm³/mol. The molecule has 15 heavy (non-hydrogen) atoms. The molecule has 0 spiro atoms. The number of hydrogen-bond acceptors (Lipinski definition) is 3. The molecule has 0 heterocycles. The molecule has 0 aliphatic heterocycles. The number of carboxylic acids is 1. The maximum Gasteiger partial charge on any atom is 0.344 e. The van der Waals surface area contributed by atoms with Crippen LogP contribution in [-0.2, 0) is 4.79 Å². The molecular formula is C11H14O4. The van der Waals surface area contributed by atoms with Crippen molar-refractivity contribution >= 4 is 5.97 Å². The summed E-state index contributed by atoms with van der Waals surface area (Å²) in [5.74, 6) is 0.0173. The van der Waals surface area contributed by atoms with Crippen LogP contribution in [-0.4, -0.2) is 23.8 Å². The minimum absolute atomic E-state index is 0.453. The Morgan fingerprint density at radius 3 is 2.53 bits per heavy atom. The molecule has 1 aromatic rings. The molecule has 0 saturated heterocycles. The molecule has 0 unspecified atom stereocenters. The van der Waals surface area contributed by atoms with Crippen molar-refractivity contribution in [2.45, 2.75) is 20.0 Å². The van der Waals surface area contributed by atoms with E-state index in [-0.39, 0.29) is 0 Å². The van der Waals surface area contributed by atoms with Crippen LogP contribution in [0.15, 0.2) is 24.3 Å². The van der Waals surface area contributed by atoms with Crippen molar-refractivity contribution in [2.75, 3.05) is 6.61 Å². The van der Waals surface area contributed by atoms with E-state index in [4.69, 9.17) is 14.6 Å². The zero-order valence-corrected chi connectivity index (χ0v) is 8.77. The summed E-state index contributed by atoms with van der Waals surface area (Å²) in [6.45, 7) is 3.85. The van der Waals surface area contributed by atoms with Gasteiger partial charge in [-0.1, -0.05) is 12.1 Å². The van der Waals surface area contributed by atoms with Crippen molar-refractivity contribution < 1.29 is 19.4 Å². The van der Waals surface area contributed by atoms with E-state index in [1.54, 1.807) is 18.2 Å². The van der Waals surface area contributed by atoms with Crippen LogP contribution in [0.2, 0.25) is 0 Å². The maximum atomic E-state index is 10.6. The molecule has 0 aliphatic carbocycles. The summed E-state index contributed by atoms with van der Waals surface area (Å²) < 4.78 is 10.5. The molecule has 0 bridgehead atoms. The van der Waals surface area contributed by atoms with E-state index in [0.29, 0.717) is 18.1 Å². The van der Waals surface area contributed by atoms with Crippen LogP contribution in [0.5, 0.6) is 11.5 Å². The Labute approximate surface area is 88.4 Å². The van der Waals surface area contributed by atoms with Crippen LogP contribution in [0.3, 0.4) is 0 Å². The molecule has 0 saturated carbocycles. The highest BCUT2D eigenvalue weighted by atomic mass is 16.5. The second kappa shape index (κ2) is 5.24. The Kier molecular flexibility index (Phi) is 3.97. The Morgan fingerprint density at radius 1 is 1.40 bits per heavy atom. The summed E-state index contributed by atoms with van der Waals surface area (Å²) in [5, 5.41) is 8.70. The van der Waals surface area contributed by atoms with E-state index < -0.39 is 12.1 Å². The highest BCUT2D eigenvalue weighted by molar-refractivity contribution is 5.72. The minimum Gasteiger partial charge on any atom is -0.490 e. The number of hydrogen-bond donors (Lipinski definition) is 1. The molecular weight excluding hydrogens is 196 g/mol. The van der Waals surface area contributed by atoms with E-state index in [2.05, 4.69) is 0 Å². The first-order valence-electron chi connectivity index (χ1n) is 4.76. The molecule has 4 heteroatoms. The van der Waals surface area contributed by atoms with Crippen molar-refractivity contribution in [1.82, 2.24) is 0 Å². The highest BCUT2D eigenvalue weighted by Crippen LogP contribution is 2.27. The quantitative estimate of drug-likeness (QED) is 0.806. The van der Waals surface area contributed by atoms with Crippen LogP contribution in [0.4, 0.5) is 0 Å². The molecule has 1 N–H and O–H groups in total. The molecule has 0 fully saturated rings. The summed E-state index contributed by atoms with van der Waals surface area (Å²) in [4.78, 5) is 10.6. The lowest BCUT2D eigenvalue weighted by molar-refractivity contribution is -0.144. The van der Waals surface area contributed by atoms with Crippen molar-refractivity contribution in [3.8, 4) is 11.5 Å². The van der Waals surface area contributed by atoms with Crippen LogP contribution < -0.4 is 9.47 Å². The lowest BCUT2D eigenvalue weighted by Crippen LogP contribution is -2.23. The van der Waals surface area contributed by atoms with Gasteiger partial charge in [0.15, 0.2) is 17.6 Å². The molecule has 1 aromatic carbocycles. The summed E-state index contributed by atoms with van der Waals surface area (Å²) >= 11 is 0. The normalized spacial score (nSPS) is 11.9. The summed E-state index contributed by atoms with van der Waals surface area (Å²) in [7, 11) is 0. The number of para-hydroxylation sites is 2. The smallest absolute Gasteiger partial charge is 0.344 e. The van der Waals surface area contributed by atoms with Gasteiger partial charge in [-0.3, -0.25) is 0 Å². The van der Waals surface area contributed by atoms with Gasteiger partial charge < -0.3 is 14.6 Å². The van der Waals surface area contributed by atoms with Crippen molar-refractivity contribution in [3.05, 3.63) is 24.3 Å². The second-order valence-electron chi connectivity index (χ2n) is 2.98. The number of rotatable bonds is 5. The van der Waals surface area contributed by atoms with Crippen LogP contribution in [0.1, 0.15) is 13.8 Å². The number of carboxylic acid groups (broad SMARTS) is 1. The van der Waals surface area contributed by atoms with Gasteiger partial charge in [0.1, 0.15) is 0 Å². The standard InChI is InChI=1S/C11H14O4/c1-3-14-9-6-4-5-7-10(9)15-8(2)11(12)13/h4-8H,3H2,1-2H3,(H,12,13)/t8-/m0/s1. The van der Waals surface area contributed by atoms with Crippen molar-refractivity contribution in [2.24, 2.45) is 0 Å². The lowest BCUT2D eigenvalue weighted by atomic mass is 10.3. The Hall–Kier alpha value is -1.71. The van der Waals surface area contributed by atoms with Crippen molar-refractivity contribution in [1.29, 1.82) is 0 Å². The first kappa shape index (κ1) is 11.4. The molecule has 1 atom stereocenters. The van der Waals surface area contributed by atoms with E-state index in [9.17, 15) is 4.79 Å². The molecule has 1 rings (SSSR count). The lowest BCUT2D eigenvalue weighted by Gasteiger charge is -2.13. The van der Waals surface area contributed by atoms with Gasteiger partial charge in [-0.25, -0.2) is 4.79 Å². The molecule has 0 aromatic heterocycles. The van der Waals surface area contributed by atoms with E-state index >= 15 is 0 Å².